The van der Waals surface area contributed by atoms with Gasteiger partial charge in [-0.1, -0.05) is 36.2 Å². The number of nitrogens with one attached hydrogen (secondary N) is 1. The summed E-state index contributed by atoms with van der Waals surface area (Å²) in [6.07, 6.45) is 9.47. The van der Waals surface area contributed by atoms with Crippen LogP contribution in [0, 0.1) is 6.92 Å². The van der Waals surface area contributed by atoms with Gasteiger partial charge in [0, 0.05) is 38.5 Å². The third kappa shape index (κ3) is 6.51. The first-order chi connectivity index (χ1) is 18.1. The molecule has 7 nitrogen and oxygen atoms in total. The molecule has 0 unspecified atom stereocenters. The summed E-state index contributed by atoms with van der Waals surface area (Å²) in [6.45, 7) is 5.90. The maximum atomic E-state index is 12.5. The van der Waals surface area contributed by atoms with Crippen molar-refractivity contribution in [2.24, 2.45) is 0 Å². The molecule has 2 saturated heterocycles. The molecule has 0 saturated carbocycles. The molecule has 5 rings (SSSR count). The maximum Gasteiger partial charge on any atom is 0.325 e. The van der Waals surface area contributed by atoms with Gasteiger partial charge in [-0.15, -0.1) is 0 Å². The lowest BCUT2D eigenvalue weighted by Gasteiger charge is -2.28. The number of carboxylic acid groups (broad SMARTS) is 1. The first kappa shape index (κ1) is 26.1. The number of carbonyl (C=O) groups is 1. The van der Waals surface area contributed by atoms with Crippen molar-refractivity contribution in [3.05, 3.63) is 58.3 Å². The molecule has 0 amide bonds. The van der Waals surface area contributed by atoms with Crippen LogP contribution in [0.1, 0.15) is 85.0 Å². The topological polar surface area (TPSA) is 83.9 Å². The summed E-state index contributed by atoms with van der Waals surface area (Å²) >= 11 is 0. The minimum atomic E-state index is -0.795. The molecule has 4 heterocycles. The lowest BCUT2D eigenvalue weighted by Crippen LogP contribution is -2.34. The molecular weight excluding hydrogens is 466 g/mol. The molecule has 2 fully saturated rings. The molecule has 0 bridgehead atoms. The van der Waals surface area contributed by atoms with Crippen LogP contribution in [0.2, 0.25) is 0 Å². The largest absolute Gasteiger partial charge is 0.480 e. The number of fused-ring (bicyclic) bond motifs is 1. The molecule has 1 aromatic heterocycles. The monoisotopic (exact) mass is 507 g/mol. The van der Waals surface area contributed by atoms with Gasteiger partial charge in [-0.2, -0.15) is 0 Å². The molecule has 0 spiro atoms. The normalized spacial score (nSPS) is 22.5. The molecule has 2 N–H and O–H groups in total. The standard InChI is InChI=1S/C30H41N3O4/c1-21-10-13-25(27-9-6-18-37-27)26(19-21)28(30(34)35)33-16-14-24(20-33)36-17-4-2-3-8-23-12-11-22-7-5-15-31-29(22)32-23/h10-13,19,24,27-28H,2-9,14-18,20H2,1H3,(H,31,32)(H,34,35)/t24-,27+,28+/m1/s1. The van der Waals surface area contributed by atoms with Crippen LogP contribution in [-0.4, -0.2) is 59.9 Å². The van der Waals surface area contributed by atoms with E-state index in [1.54, 1.807) is 0 Å². The average Bonchev–Trinajstić information content (AvgIpc) is 3.59. The Morgan fingerprint density at radius 2 is 2.14 bits per heavy atom. The van der Waals surface area contributed by atoms with Crippen molar-refractivity contribution in [2.75, 3.05) is 38.2 Å². The van der Waals surface area contributed by atoms with Crippen LogP contribution in [-0.2, 0) is 27.1 Å². The molecular formula is C30H41N3O4. The van der Waals surface area contributed by atoms with Crippen LogP contribution in [0.5, 0.6) is 0 Å². The number of pyridine rings is 1. The summed E-state index contributed by atoms with van der Waals surface area (Å²) in [6, 6.07) is 9.91. The first-order valence-corrected chi connectivity index (χ1v) is 14.1. The number of nitrogens with zero attached hydrogens (tertiary/aromatic N) is 2. The van der Waals surface area contributed by atoms with Crippen molar-refractivity contribution in [3.8, 4) is 0 Å². The number of hydrogen-bond acceptors (Lipinski definition) is 6. The predicted octanol–water partition coefficient (Wildman–Crippen LogP) is 5.23. The van der Waals surface area contributed by atoms with E-state index in [2.05, 4.69) is 34.5 Å². The van der Waals surface area contributed by atoms with Crippen molar-refractivity contribution in [2.45, 2.75) is 83.0 Å². The van der Waals surface area contributed by atoms with Crippen LogP contribution in [0.15, 0.2) is 30.3 Å². The summed E-state index contributed by atoms with van der Waals surface area (Å²) in [5, 5.41) is 13.6. The van der Waals surface area contributed by atoms with E-state index in [4.69, 9.17) is 14.5 Å². The molecule has 7 heteroatoms. The SMILES string of the molecule is Cc1ccc([C@@H]2CCCO2)c([C@@H](C(=O)O)N2CC[C@@H](OCCCCCc3ccc4c(n3)NCCC4)C2)c1. The van der Waals surface area contributed by atoms with E-state index >= 15 is 0 Å². The Hall–Kier alpha value is -2.48. The maximum absolute atomic E-state index is 12.5. The van der Waals surface area contributed by atoms with Gasteiger partial charge < -0.3 is 19.9 Å². The minimum Gasteiger partial charge on any atom is -0.480 e. The molecule has 1 aromatic carbocycles. The van der Waals surface area contributed by atoms with Gasteiger partial charge in [0.2, 0.25) is 0 Å². The highest BCUT2D eigenvalue weighted by molar-refractivity contribution is 5.76. The molecule has 37 heavy (non-hydrogen) atoms. The van der Waals surface area contributed by atoms with Crippen molar-refractivity contribution in [1.29, 1.82) is 0 Å². The highest BCUT2D eigenvalue weighted by Gasteiger charge is 2.36. The van der Waals surface area contributed by atoms with Crippen LogP contribution in [0.4, 0.5) is 5.82 Å². The van der Waals surface area contributed by atoms with Gasteiger partial charge in [0.1, 0.15) is 11.9 Å². The van der Waals surface area contributed by atoms with Crippen molar-refractivity contribution >= 4 is 11.8 Å². The van der Waals surface area contributed by atoms with Gasteiger partial charge >= 0.3 is 5.97 Å². The summed E-state index contributed by atoms with van der Waals surface area (Å²) in [4.78, 5) is 19.3. The number of aromatic nitrogens is 1. The lowest BCUT2D eigenvalue weighted by molar-refractivity contribution is -0.143. The number of aliphatic carboxylic acids is 1. The van der Waals surface area contributed by atoms with Crippen LogP contribution in [0.25, 0.3) is 0 Å². The fourth-order valence-corrected chi connectivity index (χ4v) is 6.00. The predicted molar refractivity (Wildman–Crippen MR) is 144 cm³/mol. The molecule has 2 aromatic rings. The summed E-state index contributed by atoms with van der Waals surface area (Å²) in [5.74, 6) is 0.280. The quantitative estimate of drug-likeness (QED) is 0.403. The highest BCUT2D eigenvalue weighted by Crippen LogP contribution is 2.37. The van der Waals surface area contributed by atoms with Gasteiger partial charge in [0.15, 0.2) is 0 Å². The van der Waals surface area contributed by atoms with Gasteiger partial charge in [-0.3, -0.25) is 9.69 Å². The fraction of sp³-hybridized carbons (Fsp3) is 0.600. The summed E-state index contributed by atoms with van der Waals surface area (Å²) in [5.41, 5.74) is 5.50. The Balaban J connectivity index is 1.08. The second-order valence-corrected chi connectivity index (χ2v) is 10.8. The minimum absolute atomic E-state index is 0.000122. The van der Waals surface area contributed by atoms with E-state index < -0.39 is 12.0 Å². The van der Waals surface area contributed by atoms with Gasteiger partial charge in [-0.05, 0) is 81.0 Å². The smallest absolute Gasteiger partial charge is 0.325 e. The van der Waals surface area contributed by atoms with Crippen LogP contribution in [0.3, 0.4) is 0 Å². The Morgan fingerprint density at radius 1 is 1.22 bits per heavy atom. The van der Waals surface area contributed by atoms with E-state index in [9.17, 15) is 9.90 Å². The fourth-order valence-electron chi connectivity index (χ4n) is 6.00. The number of anilines is 1. The molecule has 0 aliphatic carbocycles. The number of likely N-dealkylation sites (tertiary alicyclic amines) is 1. The Labute approximate surface area is 220 Å². The number of hydrogen-bond donors (Lipinski definition) is 2. The van der Waals surface area contributed by atoms with Crippen molar-refractivity contribution < 1.29 is 19.4 Å². The van der Waals surface area contributed by atoms with Crippen molar-refractivity contribution in [3.63, 3.8) is 0 Å². The zero-order chi connectivity index (χ0) is 25.6. The summed E-state index contributed by atoms with van der Waals surface area (Å²) < 4.78 is 12.1. The van der Waals surface area contributed by atoms with E-state index in [1.807, 2.05) is 13.0 Å². The lowest BCUT2D eigenvalue weighted by atomic mass is 9.92. The first-order valence-electron chi connectivity index (χ1n) is 14.1. The van der Waals surface area contributed by atoms with E-state index in [1.165, 1.54) is 17.7 Å². The zero-order valence-corrected chi connectivity index (χ0v) is 22.1. The number of carboxylic acids is 1. The highest BCUT2D eigenvalue weighted by atomic mass is 16.5. The Kier molecular flexibility index (Phi) is 8.74. The van der Waals surface area contributed by atoms with E-state index in [0.717, 1.165) is 100 Å². The number of aryl methyl sites for hydroxylation is 3. The van der Waals surface area contributed by atoms with E-state index in [-0.39, 0.29) is 12.2 Å². The number of ether oxygens (including phenoxy) is 2. The van der Waals surface area contributed by atoms with Gasteiger partial charge in [0.05, 0.1) is 12.2 Å². The third-order valence-electron chi connectivity index (χ3n) is 7.97. The molecule has 3 aliphatic heterocycles. The average molecular weight is 508 g/mol. The van der Waals surface area contributed by atoms with Crippen LogP contribution >= 0.6 is 0 Å². The zero-order valence-electron chi connectivity index (χ0n) is 22.1. The number of rotatable bonds is 11. The van der Waals surface area contributed by atoms with E-state index in [0.29, 0.717) is 6.54 Å². The number of unbranched alkanes of at least 4 members (excludes halogenated alkanes) is 2. The summed E-state index contributed by atoms with van der Waals surface area (Å²) in [7, 11) is 0. The Bertz CT molecular complexity index is 1070. The Morgan fingerprint density at radius 3 is 2.97 bits per heavy atom. The molecule has 0 radical (unpaired) electrons. The second-order valence-electron chi connectivity index (χ2n) is 10.8. The molecule has 3 aliphatic rings. The van der Waals surface area contributed by atoms with Crippen LogP contribution < -0.4 is 5.32 Å². The van der Waals surface area contributed by atoms with Gasteiger partial charge in [-0.25, -0.2) is 4.98 Å². The van der Waals surface area contributed by atoms with Crippen molar-refractivity contribution in [1.82, 2.24) is 9.88 Å². The number of benzene rings is 1. The third-order valence-corrected chi connectivity index (χ3v) is 7.97. The molecule has 3 atom stereocenters. The van der Waals surface area contributed by atoms with Gasteiger partial charge in [0.25, 0.3) is 0 Å². The molecule has 200 valence electrons. The second kappa shape index (κ2) is 12.4.